The highest BCUT2D eigenvalue weighted by molar-refractivity contribution is 5.64. The maximum atomic E-state index is 5.70. The SMILES string of the molecule is COc1cc(OC)c(OC)cc1/C=C/[C@@H]1CCC=CC1c1cc(OC)c(OC)cc1OC. The third-order valence-corrected chi connectivity index (χ3v) is 5.83. The van der Waals surface area contributed by atoms with Crippen molar-refractivity contribution in [3.63, 3.8) is 0 Å². The molecule has 2 aromatic carbocycles. The number of ether oxygens (including phenoxy) is 6. The zero-order valence-corrected chi connectivity index (χ0v) is 19.6. The molecule has 3 rings (SSSR count). The van der Waals surface area contributed by atoms with E-state index in [0.29, 0.717) is 23.0 Å². The Kier molecular flexibility index (Phi) is 7.92. The lowest BCUT2D eigenvalue weighted by Crippen LogP contribution is -2.13. The van der Waals surface area contributed by atoms with Crippen LogP contribution >= 0.6 is 0 Å². The van der Waals surface area contributed by atoms with Gasteiger partial charge in [-0.1, -0.05) is 24.3 Å². The Labute approximate surface area is 190 Å². The minimum absolute atomic E-state index is 0.140. The van der Waals surface area contributed by atoms with Gasteiger partial charge >= 0.3 is 0 Å². The van der Waals surface area contributed by atoms with E-state index in [4.69, 9.17) is 28.4 Å². The summed E-state index contributed by atoms with van der Waals surface area (Å²) in [5.74, 6) is 4.55. The Morgan fingerprint density at radius 3 is 1.78 bits per heavy atom. The van der Waals surface area contributed by atoms with Crippen molar-refractivity contribution in [3.05, 3.63) is 53.6 Å². The summed E-state index contributed by atoms with van der Waals surface area (Å²) < 4.78 is 33.1. The van der Waals surface area contributed by atoms with Crippen molar-refractivity contribution in [2.45, 2.75) is 18.8 Å². The highest BCUT2D eigenvalue weighted by atomic mass is 16.5. The maximum absolute atomic E-state index is 5.70. The van der Waals surface area contributed by atoms with Crippen molar-refractivity contribution in [3.8, 4) is 34.5 Å². The first kappa shape index (κ1) is 23.4. The summed E-state index contributed by atoms with van der Waals surface area (Å²) in [7, 11) is 9.84. The van der Waals surface area contributed by atoms with E-state index < -0.39 is 0 Å². The third kappa shape index (κ3) is 4.79. The Hall–Kier alpha value is -3.28. The molecule has 172 valence electrons. The number of rotatable bonds is 9. The average Bonchev–Trinajstić information content (AvgIpc) is 2.86. The minimum Gasteiger partial charge on any atom is -0.496 e. The van der Waals surface area contributed by atoms with Crippen LogP contribution in [0, 0.1) is 5.92 Å². The van der Waals surface area contributed by atoms with Crippen LogP contribution in [0.3, 0.4) is 0 Å². The van der Waals surface area contributed by atoms with Gasteiger partial charge in [0, 0.05) is 29.2 Å². The molecular formula is C26H32O6. The normalized spacial score (nSPS) is 17.8. The molecule has 6 nitrogen and oxygen atoms in total. The molecule has 0 spiro atoms. The molecule has 6 heteroatoms. The van der Waals surface area contributed by atoms with Gasteiger partial charge in [0.1, 0.15) is 11.5 Å². The lowest BCUT2D eigenvalue weighted by molar-refractivity contribution is 0.345. The van der Waals surface area contributed by atoms with E-state index in [0.717, 1.165) is 35.5 Å². The topological polar surface area (TPSA) is 55.4 Å². The zero-order valence-electron chi connectivity index (χ0n) is 19.6. The molecule has 0 amide bonds. The second kappa shape index (κ2) is 10.8. The lowest BCUT2D eigenvalue weighted by Gasteiger charge is -2.28. The number of methoxy groups -OCH3 is 6. The van der Waals surface area contributed by atoms with E-state index >= 15 is 0 Å². The van der Waals surface area contributed by atoms with Crippen molar-refractivity contribution in [2.24, 2.45) is 5.92 Å². The van der Waals surface area contributed by atoms with Crippen molar-refractivity contribution in [1.29, 1.82) is 0 Å². The third-order valence-electron chi connectivity index (χ3n) is 5.83. The van der Waals surface area contributed by atoms with Gasteiger partial charge < -0.3 is 28.4 Å². The summed E-state index contributed by atoms with van der Waals surface area (Å²) in [6, 6.07) is 7.66. The van der Waals surface area contributed by atoms with Crippen molar-refractivity contribution in [1.82, 2.24) is 0 Å². The smallest absolute Gasteiger partial charge is 0.164 e. The highest BCUT2D eigenvalue weighted by Crippen LogP contribution is 2.44. The molecule has 2 aromatic rings. The van der Waals surface area contributed by atoms with Crippen LogP contribution in [0.1, 0.15) is 29.9 Å². The molecular weight excluding hydrogens is 408 g/mol. The number of hydrogen-bond acceptors (Lipinski definition) is 6. The van der Waals surface area contributed by atoms with Gasteiger partial charge in [-0.15, -0.1) is 0 Å². The largest absolute Gasteiger partial charge is 0.496 e. The van der Waals surface area contributed by atoms with E-state index in [1.54, 1.807) is 42.7 Å². The Morgan fingerprint density at radius 2 is 1.19 bits per heavy atom. The van der Waals surface area contributed by atoms with Crippen LogP contribution in [0.4, 0.5) is 0 Å². The minimum atomic E-state index is 0.140. The van der Waals surface area contributed by atoms with Crippen LogP contribution in [0.15, 0.2) is 42.5 Å². The first-order chi connectivity index (χ1) is 15.6. The van der Waals surface area contributed by atoms with Crippen molar-refractivity contribution < 1.29 is 28.4 Å². The van der Waals surface area contributed by atoms with E-state index in [9.17, 15) is 0 Å². The van der Waals surface area contributed by atoms with Crippen molar-refractivity contribution >= 4 is 6.08 Å². The van der Waals surface area contributed by atoms with Crippen LogP contribution in [-0.4, -0.2) is 42.7 Å². The maximum Gasteiger partial charge on any atom is 0.164 e. The molecule has 0 saturated carbocycles. The predicted molar refractivity (Wildman–Crippen MR) is 126 cm³/mol. The average molecular weight is 441 g/mol. The number of hydrogen-bond donors (Lipinski definition) is 0. The van der Waals surface area contributed by atoms with Gasteiger partial charge in [0.15, 0.2) is 23.0 Å². The fraction of sp³-hybridized carbons (Fsp3) is 0.385. The van der Waals surface area contributed by atoms with Crippen molar-refractivity contribution in [2.75, 3.05) is 42.7 Å². The standard InChI is InChI=1S/C26H32O6/c1-27-21-15-25(31-5)23(29-3)13-18(21)12-11-17-9-7-8-10-19(17)20-14-24(30-4)26(32-6)16-22(20)28-2/h8,10-17,19H,7,9H2,1-6H3/b12-11+/t17-,19?/m0/s1. The Balaban J connectivity index is 1.99. The molecule has 1 unspecified atom stereocenters. The molecule has 0 bridgehead atoms. The quantitative estimate of drug-likeness (QED) is 0.480. The summed E-state index contributed by atoms with van der Waals surface area (Å²) in [6.45, 7) is 0. The van der Waals surface area contributed by atoms with Gasteiger partial charge in [-0.2, -0.15) is 0 Å². The summed E-state index contributed by atoms with van der Waals surface area (Å²) in [5, 5.41) is 0. The van der Waals surface area contributed by atoms with Crippen LogP contribution in [0.25, 0.3) is 6.08 Å². The molecule has 1 aliphatic rings. The summed E-state index contributed by atoms with van der Waals surface area (Å²) in [4.78, 5) is 0. The predicted octanol–water partition coefficient (Wildman–Crippen LogP) is 5.50. The molecule has 2 atom stereocenters. The highest BCUT2D eigenvalue weighted by Gasteiger charge is 2.26. The first-order valence-corrected chi connectivity index (χ1v) is 10.5. The zero-order chi connectivity index (χ0) is 23.1. The molecule has 0 radical (unpaired) electrons. The van der Waals surface area contributed by atoms with Crippen LogP contribution in [-0.2, 0) is 0 Å². The van der Waals surface area contributed by atoms with E-state index in [1.807, 2.05) is 24.3 Å². The fourth-order valence-electron chi connectivity index (χ4n) is 4.13. The number of benzene rings is 2. The summed E-state index contributed by atoms with van der Waals surface area (Å²) in [6.07, 6.45) is 10.8. The molecule has 0 fully saturated rings. The fourth-order valence-corrected chi connectivity index (χ4v) is 4.13. The van der Waals surface area contributed by atoms with Gasteiger partial charge in [-0.25, -0.2) is 0 Å². The summed E-state index contributed by atoms with van der Waals surface area (Å²) in [5.41, 5.74) is 1.99. The van der Waals surface area contributed by atoms with Gasteiger partial charge in [0.05, 0.1) is 42.7 Å². The van der Waals surface area contributed by atoms with Gasteiger partial charge in [-0.05, 0) is 30.9 Å². The van der Waals surface area contributed by atoms with E-state index in [1.165, 1.54) is 0 Å². The second-order valence-corrected chi connectivity index (χ2v) is 7.45. The second-order valence-electron chi connectivity index (χ2n) is 7.45. The Morgan fingerprint density at radius 1 is 0.656 bits per heavy atom. The molecule has 0 aromatic heterocycles. The summed E-state index contributed by atoms with van der Waals surface area (Å²) >= 11 is 0. The van der Waals surface area contributed by atoms with Gasteiger partial charge in [-0.3, -0.25) is 0 Å². The van der Waals surface area contributed by atoms with Gasteiger partial charge in [0.2, 0.25) is 0 Å². The van der Waals surface area contributed by atoms with E-state index in [2.05, 4.69) is 24.3 Å². The molecule has 0 saturated heterocycles. The molecule has 1 aliphatic carbocycles. The number of allylic oxidation sites excluding steroid dienone is 3. The van der Waals surface area contributed by atoms with Crippen LogP contribution in [0.2, 0.25) is 0 Å². The molecule has 0 heterocycles. The molecule has 32 heavy (non-hydrogen) atoms. The monoisotopic (exact) mass is 440 g/mol. The van der Waals surface area contributed by atoms with E-state index in [-0.39, 0.29) is 11.8 Å². The first-order valence-electron chi connectivity index (χ1n) is 10.5. The van der Waals surface area contributed by atoms with Gasteiger partial charge in [0.25, 0.3) is 0 Å². The van der Waals surface area contributed by atoms with Crippen LogP contribution < -0.4 is 28.4 Å². The molecule has 0 N–H and O–H groups in total. The molecule has 0 aliphatic heterocycles. The lowest BCUT2D eigenvalue weighted by atomic mass is 9.78. The Bertz CT molecular complexity index is 979. The van der Waals surface area contributed by atoms with Crippen LogP contribution in [0.5, 0.6) is 34.5 Å².